The Hall–Kier alpha value is -3.42. The van der Waals surface area contributed by atoms with Gasteiger partial charge < -0.3 is 21.7 Å². The zero-order chi connectivity index (χ0) is 26.8. The fourth-order valence-corrected chi connectivity index (χ4v) is 4.88. The van der Waals surface area contributed by atoms with E-state index in [1.807, 2.05) is 0 Å². The van der Waals surface area contributed by atoms with Gasteiger partial charge in [-0.15, -0.1) is 0 Å². The Labute approximate surface area is 212 Å². The number of aromatic carboxylic acids is 2. The summed E-state index contributed by atoms with van der Waals surface area (Å²) < 4.78 is 0. The highest BCUT2D eigenvalue weighted by atomic mass is 16.4. The molecule has 2 aliphatic carbocycles. The highest BCUT2D eigenvalue weighted by molar-refractivity contribution is 6.22. The Kier molecular flexibility index (Phi) is 10.9. The van der Waals surface area contributed by atoms with Crippen molar-refractivity contribution in [3.8, 4) is 0 Å². The first-order valence-electron chi connectivity index (χ1n) is 12.7. The van der Waals surface area contributed by atoms with Crippen LogP contribution >= 0.6 is 0 Å². The van der Waals surface area contributed by atoms with Gasteiger partial charge in [-0.3, -0.25) is 9.59 Å². The Morgan fingerprint density at radius 3 is 1.06 bits per heavy atom. The van der Waals surface area contributed by atoms with Gasteiger partial charge in [-0.25, -0.2) is 9.59 Å². The fraction of sp³-hybridized carbons (Fsp3) is 0.500. The number of nitrogens with two attached hydrogens (primary N) is 2. The smallest absolute Gasteiger partial charge is 0.336 e. The predicted octanol–water partition coefficient (Wildman–Crippen LogP) is 5.61. The SMILES string of the molecule is CC1CCCCC1.CC1CCCCC1.NC(=O)c1ccc(C(=O)O)c2c(C(N)=O)ccc(C(=O)O)c12. The molecule has 0 unspecified atom stereocenters. The maximum absolute atomic E-state index is 11.5. The molecule has 8 heteroatoms. The van der Waals surface area contributed by atoms with Gasteiger partial charge in [-0.1, -0.05) is 78.1 Å². The third-order valence-electron chi connectivity index (χ3n) is 6.94. The van der Waals surface area contributed by atoms with Gasteiger partial charge in [0.1, 0.15) is 0 Å². The molecule has 0 saturated heterocycles. The fourth-order valence-electron chi connectivity index (χ4n) is 4.88. The number of benzene rings is 2. The number of primary amides is 2. The lowest BCUT2D eigenvalue weighted by molar-refractivity contribution is 0.0686. The van der Waals surface area contributed by atoms with E-state index in [-0.39, 0.29) is 33.0 Å². The standard InChI is InChI=1S/C14H10N2O6.2C7H14/c15-11(17)5-1-3-7(13(19)20)10-6(12(16)18)2-4-8(9(5)10)14(21)22;2*1-7-5-3-2-4-6-7/h1-4H,(H2,15,17)(H2,16,18)(H,19,20)(H,21,22);2*7H,2-6H2,1H3. The number of hydrogen-bond donors (Lipinski definition) is 4. The molecule has 0 aromatic heterocycles. The molecule has 0 spiro atoms. The number of rotatable bonds is 4. The van der Waals surface area contributed by atoms with Crippen LogP contribution in [-0.4, -0.2) is 34.0 Å². The molecule has 2 aromatic carbocycles. The Morgan fingerprint density at radius 2 is 0.861 bits per heavy atom. The van der Waals surface area contributed by atoms with Crippen LogP contribution in [0.3, 0.4) is 0 Å². The molecule has 0 radical (unpaired) electrons. The highest BCUT2D eigenvalue weighted by Gasteiger charge is 2.23. The van der Waals surface area contributed by atoms with Crippen molar-refractivity contribution in [1.29, 1.82) is 0 Å². The number of carbonyl (C=O) groups excluding carboxylic acids is 2. The van der Waals surface area contributed by atoms with E-state index in [2.05, 4.69) is 13.8 Å². The molecule has 6 N–H and O–H groups in total. The number of hydrogen-bond acceptors (Lipinski definition) is 4. The Balaban J connectivity index is 0.000000262. The second kappa shape index (κ2) is 13.6. The lowest BCUT2D eigenvalue weighted by Crippen LogP contribution is -2.18. The van der Waals surface area contributed by atoms with Crippen LogP contribution in [-0.2, 0) is 0 Å². The largest absolute Gasteiger partial charge is 0.478 e. The van der Waals surface area contributed by atoms with Crippen LogP contribution in [0.1, 0.15) is 119 Å². The predicted molar refractivity (Wildman–Crippen MR) is 139 cm³/mol. The van der Waals surface area contributed by atoms with E-state index in [0.717, 1.165) is 36.1 Å². The third-order valence-corrected chi connectivity index (χ3v) is 6.94. The quantitative estimate of drug-likeness (QED) is 0.428. The summed E-state index contributed by atoms with van der Waals surface area (Å²) in [5.41, 5.74) is 9.30. The molecule has 0 bridgehead atoms. The normalized spacial score (nSPS) is 16.2. The van der Waals surface area contributed by atoms with Crippen LogP contribution in [0.25, 0.3) is 10.8 Å². The van der Waals surface area contributed by atoms with Gasteiger partial charge >= 0.3 is 11.9 Å². The molecule has 0 atom stereocenters. The molecule has 4 rings (SSSR count). The number of fused-ring (bicyclic) bond motifs is 1. The van der Waals surface area contributed by atoms with Gasteiger partial charge in [0.25, 0.3) is 0 Å². The maximum Gasteiger partial charge on any atom is 0.336 e. The van der Waals surface area contributed by atoms with E-state index in [4.69, 9.17) is 11.5 Å². The van der Waals surface area contributed by atoms with E-state index in [0.29, 0.717) is 0 Å². The first-order chi connectivity index (χ1) is 17.0. The summed E-state index contributed by atoms with van der Waals surface area (Å²) in [7, 11) is 0. The molecule has 0 aliphatic heterocycles. The van der Waals surface area contributed by atoms with Crippen LogP contribution in [0.15, 0.2) is 24.3 Å². The van der Waals surface area contributed by atoms with Crippen molar-refractivity contribution < 1.29 is 29.4 Å². The molecule has 8 nitrogen and oxygen atoms in total. The minimum absolute atomic E-state index is 0.208. The molecule has 2 aliphatic rings. The van der Waals surface area contributed by atoms with Crippen LogP contribution in [0.5, 0.6) is 0 Å². The lowest BCUT2D eigenvalue weighted by Gasteiger charge is -2.15. The first kappa shape index (κ1) is 28.8. The molecule has 2 fully saturated rings. The van der Waals surface area contributed by atoms with Crippen molar-refractivity contribution in [3.63, 3.8) is 0 Å². The van der Waals surface area contributed by atoms with Gasteiger partial charge in [0.2, 0.25) is 11.8 Å². The lowest BCUT2D eigenvalue weighted by atomic mass is 9.91. The van der Waals surface area contributed by atoms with E-state index in [1.165, 1.54) is 64.2 Å². The topological polar surface area (TPSA) is 161 Å². The van der Waals surface area contributed by atoms with Crippen molar-refractivity contribution >= 4 is 34.5 Å². The number of carboxylic acid groups (broad SMARTS) is 2. The summed E-state index contributed by atoms with van der Waals surface area (Å²) in [5.74, 6) is -2.63. The zero-order valence-electron chi connectivity index (χ0n) is 21.2. The van der Waals surface area contributed by atoms with E-state index in [1.54, 1.807) is 0 Å². The molecular formula is C28H38N2O6. The van der Waals surface area contributed by atoms with Crippen LogP contribution < -0.4 is 11.5 Å². The first-order valence-corrected chi connectivity index (χ1v) is 12.7. The monoisotopic (exact) mass is 498 g/mol. The minimum atomic E-state index is -1.40. The average molecular weight is 499 g/mol. The van der Waals surface area contributed by atoms with Crippen molar-refractivity contribution in [2.75, 3.05) is 0 Å². The second-order valence-electron chi connectivity index (χ2n) is 9.90. The van der Waals surface area contributed by atoms with Crippen LogP contribution in [0.4, 0.5) is 0 Å². The summed E-state index contributed by atoms with van der Waals surface area (Å²) in [6, 6.07) is 4.35. The van der Waals surface area contributed by atoms with E-state index >= 15 is 0 Å². The molecule has 2 aromatic rings. The average Bonchev–Trinajstić information content (AvgIpc) is 2.84. The van der Waals surface area contributed by atoms with Gasteiger partial charge in [-0.2, -0.15) is 0 Å². The summed E-state index contributed by atoms with van der Waals surface area (Å²) in [6.45, 7) is 4.72. The Bertz CT molecular complexity index is 946. The van der Waals surface area contributed by atoms with Gasteiger partial charge in [0.15, 0.2) is 0 Å². The third kappa shape index (κ3) is 7.80. The number of amides is 2. The van der Waals surface area contributed by atoms with Crippen molar-refractivity contribution in [2.24, 2.45) is 23.3 Å². The summed E-state index contributed by atoms with van der Waals surface area (Å²) >= 11 is 0. The summed E-state index contributed by atoms with van der Waals surface area (Å²) in [6.07, 6.45) is 14.9. The van der Waals surface area contributed by atoms with Crippen LogP contribution in [0, 0.1) is 11.8 Å². The zero-order valence-corrected chi connectivity index (χ0v) is 21.2. The van der Waals surface area contributed by atoms with Gasteiger partial charge in [-0.05, 0) is 36.1 Å². The minimum Gasteiger partial charge on any atom is -0.478 e. The number of carbonyl (C=O) groups is 4. The second-order valence-corrected chi connectivity index (χ2v) is 9.90. The van der Waals surface area contributed by atoms with Gasteiger partial charge in [0, 0.05) is 21.9 Å². The Morgan fingerprint density at radius 1 is 0.583 bits per heavy atom. The van der Waals surface area contributed by atoms with Gasteiger partial charge in [0.05, 0.1) is 11.1 Å². The summed E-state index contributed by atoms with van der Waals surface area (Å²) in [4.78, 5) is 45.7. The van der Waals surface area contributed by atoms with E-state index in [9.17, 15) is 29.4 Å². The molecular weight excluding hydrogens is 460 g/mol. The van der Waals surface area contributed by atoms with Crippen molar-refractivity contribution in [1.82, 2.24) is 0 Å². The highest BCUT2D eigenvalue weighted by Crippen LogP contribution is 2.30. The van der Waals surface area contributed by atoms with Crippen LogP contribution in [0.2, 0.25) is 0 Å². The molecule has 2 amide bonds. The molecule has 2 saturated carbocycles. The van der Waals surface area contributed by atoms with Crippen molar-refractivity contribution in [2.45, 2.75) is 78.1 Å². The molecule has 36 heavy (non-hydrogen) atoms. The molecule has 0 heterocycles. The maximum atomic E-state index is 11.5. The van der Waals surface area contributed by atoms with Crippen molar-refractivity contribution in [3.05, 3.63) is 46.5 Å². The summed E-state index contributed by atoms with van der Waals surface area (Å²) in [5, 5.41) is 18.0. The molecule has 196 valence electrons. The number of carboxylic acids is 2. The van der Waals surface area contributed by atoms with E-state index < -0.39 is 23.8 Å².